The van der Waals surface area contributed by atoms with Crippen LogP contribution in [0.4, 0.5) is 18.3 Å². The number of anilines is 1. The first-order valence-electron chi connectivity index (χ1n) is 3.86. The molecule has 88 valence electrons. The molecular formula is C8H7F3N2O2S. The lowest BCUT2D eigenvalue weighted by atomic mass is 10.3. The zero-order valence-electron chi connectivity index (χ0n) is 7.71. The molecule has 16 heavy (non-hydrogen) atoms. The number of aromatic nitrogens is 1. The first kappa shape index (κ1) is 12.5. The van der Waals surface area contributed by atoms with Gasteiger partial charge in [-0.2, -0.15) is 0 Å². The van der Waals surface area contributed by atoms with Gasteiger partial charge in [-0.3, -0.25) is 0 Å². The van der Waals surface area contributed by atoms with E-state index in [2.05, 4.69) is 9.72 Å². The summed E-state index contributed by atoms with van der Waals surface area (Å²) in [7, 11) is 0. The molecule has 1 aromatic carbocycles. The van der Waals surface area contributed by atoms with Crippen molar-refractivity contribution < 1.29 is 23.4 Å². The molecule has 0 atom stereocenters. The topological polar surface area (TPSA) is 79.6 Å². The molecule has 2 aromatic rings. The molecule has 0 aliphatic heterocycles. The van der Waals surface area contributed by atoms with Gasteiger partial charge in [0.1, 0.15) is 5.75 Å². The Hall–Kier alpha value is -1.54. The fourth-order valence-electron chi connectivity index (χ4n) is 1.12. The van der Waals surface area contributed by atoms with Crippen molar-refractivity contribution in [3.63, 3.8) is 0 Å². The number of nitrogen functional groups attached to an aromatic ring is 1. The number of benzene rings is 1. The van der Waals surface area contributed by atoms with Crippen molar-refractivity contribution in [2.24, 2.45) is 0 Å². The van der Waals surface area contributed by atoms with Gasteiger partial charge in [0.05, 0.1) is 10.2 Å². The number of thiazole rings is 1. The molecule has 1 aromatic heterocycles. The monoisotopic (exact) mass is 252 g/mol. The Kier molecular flexibility index (Phi) is 3.24. The molecule has 2 rings (SSSR count). The Balaban J connectivity index is 0.00000128. The summed E-state index contributed by atoms with van der Waals surface area (Å²) in [5.41, 5.74) is 5.97. The van der Waals surface area contributed by atoms with Crippen molar-refractivity contribution in [3.8, 4) is 5.75 Å². The molecule has 0 fully saturated rings. The molecule has 8 heteroatoms. The standard InChI is InChI=1S/C8H5F3N2OS.H2O/c9-8(10,11)14-4-1-2-5-6(3-4)15-7(12)13-5;/h1-3H,(H2,12,13);1H2. The van der Waals surface area contributed by atoms with Crippen LogP contribution in [0.25, 0.3) is 10.2 Å². The summed E-state index contributed by atoms with van der Waals surface area (Å²) in [4.78, 5) is 3.91. The first-order valence-corrected chi connectivity index (χ1v) is 4.67. The summed E-state index contributed by atoms with van der Waals surface area (Å²) in [5, 5.41) is 0.314. The van der Waals surface area contributed by atoms with Gasteiger partial charge >= 0.3 is 6.36 Å². The normalized spacial score (nSPS) is 11.2. The number of alkyl halides is 3. The predicted octanol–water partition coefficient (Wildman–Crippen LogP) is 1.95. The second kappa shape index (κ2) is 4.14. The van der Waals surface area contributed by atoms with Crippen LogP contribution < -0.4 is 10.5 Å². The summed E-state index contributed by atoms with van der Waals surface area (Å²) in [5.74, 6) is -0.265. The van der Waals surface area contributed by atoms with Gasteiger partial charge in [-0.15, -0.1) is 13.2 Å². The lowest BCUT2D eigenvalue weighted by molar-refractivity contribution is -0.274. The number of nitrogens with zero attached hydrogens (tertiary/aromatic N) is 1. The van der Waals surface area contributed by atoms with Crippen molar-refractivity contribution in [2.75, 3.05) is 5.73 Å². The zero-order valence-corrected chi connectivity index (χ0v) is 8.52. The average molecular weight is 252 g/mol. The highest BCUT2D eigenvalue weighted by atomic mass is 32.1. The van der Waals surface area contributed by atoms with Gasteiger partial charge in [-0.25, -0.2) is 4.98 Å². The molecule has 0 radical (unpaired) electrons. The molecule has 0 unspecified atom stereocenters. The Bertz CT molecular complexity index is 497. The molecule has 0 amide bonds. The predicted molar refractivity (Wildman–Crippen MR) is 54.3 cm³/mol. The highest BCUT2D eigenvalue weighted by molar-refractivity contribution is 7.22. The van der Waals surface area contributed by atoms with E-state index in [9.17, 15) is 13.2 Å². The van der Waals surface area contributed by atoms with Gasteiger partial charge in [0.15, 0.2) is 5.13 Å². The molecule has 4 N–H and O–H groups in total. The molecule has 0 bridgehead atoms. The Morgan fingerprint density at radius 3 is 2.62 bits per heavy atom. The molecule has 0 spiro atoms. The maximum Gasteiger partial charge on any atom is 0.573 e. The van der Waals surface area contributed by atoms with E-state index in [4.69, 9.17) is 5.73 Å². The smallest absolute Gasteiger partial charge is 0.412 e. The number of halogens is 3. The van der Waals surface area contributed by atoms with Gasteiger partial charge in [0.2, 0.25) is 0 Å². The van der Waals surface area contributed by atoms with E-state index >= 15 is 0 Å². The fourth-order valence-corrected chi connectivity index (χ4v) is 1.88. The van der Waals surface area contributed by atoms with Crippen LogP contribution >= 0.6 is 11.3 Å². The van der Waals surface area contributed by atoms with E-state index in [0.717, 1.165) is 11.3 Å². The molecule has 0 saturated carbocycles. The van der Waals surface area contributed by atoms with Crippen LogP contribution in [-0.4, -0.2) is 16.8 Å². The summed E-state index contributed by atoms with van der Waals surface area (Å²) in [6.07, 6.45) is -4.68. The van der Waals surface area contributed by atoms with Crippen LogP contribution in [0, 0.1) is 0 Å². The highest BCUT2D eigenvalue weighted by Gasteiger charge is 2.31. The molecule has 0 saturated heterocycles. The lowest BCUT2D eigenvalue weighted by Gasteiger charge is -2.07. The van der Waals surface area contributed by atoms with Gasteiger partial charge in [-0.1, -0.05) is 11.3 Å². The van der Waals surface area contributed by atoms with Crippen molar-refractivity contribution in [1.82, 2.24) is 4.98 Å². The SMILES string of the molecule is Nc1nc2ccc(OC(F)(F)F)cc2s1.O. The second-order valence-electron chi connectivity index (χ2n) is 2.73. The van der Waals surface area contributed by atoms with Gasteiger partial charge in [0.25, 0.3) is 0 Å². The van der Waals surface area contributed by atoms with Crippen LogP contribution in [0.3, 0.4) is 0 Å². The minimum atomic E-state index is -4.68. The number of nitrogens with two attached hydrogens (primary N) is 1. The van der Waals surface area contributed by atoms with E-state index in [1.807, 2.05) is 0 Å². The molecular weight excluding hydrogens is 245 g/mol. The molecule has 1 heterocycles. The Morgan fingerprint density at radius 2 is 2.00 bits per heavy atom. The van der Waals surface area contributed by atoms with E-state index in [1.54, 1.807) is 0 Å². The Labute approximate surface area is 91.8 Å². The van der Waals surface area contributed by atoms with Crippen LogP contribution in [0.15, 0.2) is 18.2 Å². The van der Waals surface area contributed by atoms with Crippen LogP contribution in [0.5, 0.6) is 5.75 Å². The van der Waals surface area contributed by atoms with E-state index in [-0.39, 0.29) is 11.2 Å². The van der Waals surface area contributed by atoms with Gasteiger partial charge in [-0.05, 0) is 12.1 Å². The van der Waals surface area contributed by atoms with Crippen molar-refractivity contribution in [1.29, 1.82) is 0 Å². The van der Waals surface area contributed by atoms with Crippen LogP contribution in [-0.2, 0) is 0 Å². The largest absolute Gasteiger partial charge is 0.573 e. The number of hydrogen-bond donors (Lipinski definition) is 1. The van der Waals surface area contributed by atoms with Crippen LogP contribution in [0.2, 0.25) is 0 Å². The highest BCUT2D eigenvalue weighted by Crippen LogP contribution is 2.30. The van der Waals surface area contributed by atoms with Crippen molar-refractivity contribution in [2.45, 2.75) is 6.36 Å². The second-order valence-corrected chi connectivity index (χ2v) is 3.79. The third kappa shape index (κ3) is 2.74. The number of fused-ring (bicyclic) bond motifs is 1. The maximum atomic E-state index is 11.9. The minimum absolute atomic E-state index is 0. The van der Waals surface area contributed by atoms with Gasteiger partial charge in [0, 0.05) is 6.07 Å². The summed E-state index contributed by atoms with van der Waals surface area (Å²) in [6.45, 7) is 0. The number of hydrogen-bond acceptors (Lipinski definition) is 4. The molecule has 4 nitrogen and oxygen atoms in total. The third-order valence-electron chi connectivity index (χ3n) is 1.61. The average Bonchev–Trinajstić information content (AvgIpc) is 2.40. The van der Waals surface area contributed by atoms with E-state index in [1.165, 1.54) is 18.2 Å². The van der Waals surface area contributed by atoms with Gasteiger partial charge < -0.3 is 15.9 Å². The minimum Gasteiger partial charge on any atom is -0.412 e. The zero-order chi connectivity index (χ0) is 11.1. The Morgan fingerprint density at radius 1 is 1.31 bits per heavy atom. The summed E-state index contributed by atoms with van der Waals surface area (Å²) >= 11 is 1.11. The molecule has 0 aliphatic rings. The van der Waals surface area contributed by atoms with Crippen molar-refractivity contribution in [3.05, 3.63) is 18.2 Å². The fraction of sp³-hybridized carbons (Fsp3) is 0.125. The maximum absolute atomic E-state index is 11.9. The third-order valence-corrected chi connectivity index (χ3v) is 2.46. The number of rotatable bonds is 1. The van der Waals surface area contributed by atoms with E-state index < -0.39 is 6.36 Å². The van der Waals surface area contributed by atoms with E-state index in [0.29, 0.717) is 15.3 Å². The van der Waals surface area contributed by atoms with Crippen molar-refractivity contribution >= 4 is 26.7 Å². The quantitative estimate of drug-likeness (QED) is 0.842. The summed E-state index contributed by atoms with van der Waals surface area (Å²) < 4.78 is 40.0. The van der Waals surface area contributed by atoms with Crippen LogP contribution in [0.1, 0.15) is 0 Å². The number of ether oxygens (including phenoxy) is 1. The summed E-state index contributed by atoms with van der Waals surface area (Å²) in [6, 6.07) is 3.90. The lowest BCUT2D eigenvalue weighted by Crippen LogP contribution is -2.16. The molecule has 0 aliphatic carbocycles. The first-order chi connectivity index (χ1) is 6.94.